The molecule has 1 aliphatic rings. The van der Waals surface area contributed by atoms with Gasteiger partial charge in [-0.2, -0.15) is 5.10 Å². The monoisotopic (exact) mass is 310 g/mol. The van der Waals surface area contributed by atoms with Crippen molar-refractivity contribution in [3.63, 3.8) is 0 Å². The summed E-state index contributed by atoms with van der Waals surface area (Å²) >= 11 is 12.3. The zero-order valence-electron chi connectivity index (χ0n) is 11.0. The lowest BCUT2D eigenvalue weighted by Gasteiger charge is -2.32. The summed E-state index contributed by atoms with van der Waals surface area (Å²) in [4.78, 5) is 6.42. The van der Waals surface area contributed by atoms with Gasteiger partial charge in [0.25, 0.3) is 0 Å². The summed E-state index contributed by atoms with van der Waals surface area (Å²) in [5.74, 6) is 0. The highest BCUT2D eigenvalue weighted by Gasteiger charge is 2.22. The molecule has 0 bridgehead atoms. The maximum Gasteiger partial charge on any atom is 0.137 e. The number of likely N-dealkylation sites (tertiary alicyclic amines) is 1. The first-order chi connectivity index (χ1) is 9.74. The van der Waals surface area contributed by atoms with Crippen molar-refractivity contribution < 1.29 is 0 Å². The molecule has 1 aliphatic heterocycles. The standard InChI is InChI=1S/C14H16Cl2N4/c15-13-5-1-3-11(14(13)16)7-19-6-2-4-12(8-19)20-10-17-9-18-20/h1,3,5,9-10,12H,2,4,6-8H2/t12-/m1/s1. The van der Waals surface area contributed by atoms with Gasteiger partial charge in [-0.3, -0.25) is 4.90 Å². The average Bonchev–Trinajstić information content (AvgIpc) is 2.98. The second-order valence-corrected chi connectivity index (χ2v) is 5.90. The first-order valence-corrected chi connectivity index (χ1v) is 7.49. The van der Waals surface area contributed by atoms with Crippen LogP contribution < -0.4 is 0 Å². The molecular weight excluding hydrogens is 295 g/mol. The van der Waals surface area contributed by atoms with Crippen LogP contribution in [0.2, 0.25) is 10.0 Å². The highest BCUT2D eigenvalue weighted by atomic mass is 35.5. The molecular formula is C14H16Cl2N4. The van der Waals surface area contributed by atoms with Gasteiger partial charge in [0.05, 0.1) is 16.1 Å². The molecule has 2 aromatic rings. The van der Waals surface area contributed by atoms with E-state index in [2.05, 4.69) is 15.0 Å². The molecule has 1 aromatic heterocycles. The van der Waals surface area contributed by atoms with Gasteiger partial charge in [0.15, 0.2) is 0 Å². The maximum atomic E-state index is 6.26. The van der Waals surface area contributed by atoms with Gasteiger partial charge in [0.2, 0.25) is 0 Å². The molecule has 0 radical (unpaired) electrons. The van der Waals surface area contributed by atoms with Gasteiger partial charge in [-0.1, -0.05) is 35.3 Å². The Bertz CT molecular complexity index is 571. The van der Waals surface area contributed by atoms with Crippen molar-refractivity contribution in [2.45, 2.75) is 25.4 Å². The summed E-state index contributed by atoms with van der Waals surface area (Å²) in [7, 11) is 0. The summed E-state index contributed by atoms with van der Waals surface area (Å²) in [5, 5.41) is 5.53. The van der Waals surface area contributed by atoms with Crippen LogP contribution in [0, 0.1) is 0 Å². The molecule has 0 amide bonds. The summed E-state index contributed by atoms with van der Waals surface area (Å²) in [5.41, 5.74) is 1.08. The van der Waals surface area contributed by atoms with E-state index in [-0.39, 0.29) is 0 Å². The second kappa shape index (κ2) is 6.12. The molecule has 106 valence electrons. The van der Waals surface area contributed by atoms with Gasteiger partial charge in [-0.05, 0) is 31.0 Å². The number of benzene rings is 1. The lowest BCUT2D eigenvalue weighted by atomic mass is 10.0. The molecule has 1 fully saturated rings. The third-order valence-electron chi connectivity index (χ3n) is 3.72. The topological polar surface area (TPSA) is 34.0 Å². The third kappa shape index (κ3) is 2.97. The van der Waals surface area contributed by atoms with Crippen LogP contribution >= 0.6 is 23.2 Å². The minimum atomic E-state index is 0.393. The number of rotatable bonds is 3. The predicted octanol–water partition coefficient (Wildman–Crippen LogP) is 3.42. The van der Waals surface area contributed by atoms with E-state index in [9.17, 15) is 0 Å². The van der Waals surface area contributed by atoms with Gasteiger partial charge < -0.3 is 0 Å². The molecule has 0 unspecified atom stereocenters. The van der Waals surface area contributed by atoms with Crippen LogP contribution in [-0.2, 0) is 6.54 Å². The predicted molar refractivity (Wildman–Crippen MR) is 80.0 cm³/mol. The van der Waals surface area contributed by atoms with Gasteiger partial charge in [0.1, 0.15) is 12.7 Å². The Morgan fingerprint density at radius 3 is 3.00 bits per heavy atom. The zero-order valence-corrected chi connectivity index (χ0v) is 12.6. The number of hydrogen-bond acceptors (Lipinski definition) is 3. The van der Waals surface area contributed by atoms with E-state index in [1.54, 1.807) is 12.7 Å². The van der Waals surface area contributed by atoms with Crippen LogP contribution in [0.1, 0.15) is 24.4 Å². The van der Waals surface area contributed by atoms with Crippen LogP contribution in [0.3, 0.4) is 0 Å². The minimum Gasteiger partial charge on any atom is -0.297 e. The number of halogens is 2. The lowest BCUT2D eigenvalue weighted by molar-refractivity contribution is 0.163. The molecule has 1 aromatic carbocycles. The Morgan fingerprint density at radius 2 is 2.20 bits per heavy atom. The Balaban J connectivity index is 1.70. The van der Waals surface area contributed by atoms with Crippen LogP contribution in [0.4, 0.5) is 0 Å². The van der Waals surface area contributed by atoms with Crippen molar-refractivity contribution >= 4 is 23.2 Å². The molecule has 6 heteroatoms. The largest absolute Gasteiger partial charge is 0.297 e. The average molecular weight is 311 g/mol. The SMILES string of the molecule is Clc1cccc(CN2CCC[C@@H](n3cncn3)C2)c1Cl. The van der Waals surface area contributed by atoms with Gasteiger partial charge >= 0.3 is 0 Å². The summed E-state index contributed by atoms with van der Waals surface area (Å²) < 4.78 is 1.95. The molecule has 0 saturated carbocycles. The summed E-state index contributed by atoms with van der Waals surface area (Å²) in [6.45, 7) is 2.87. The third-order valence-corrected chi connectivity index (χ3v) is 4.57. The number of hydrogen-bond donors (Lipinski definition) is 0. The van der Waals surface area contributed by atoms with E-state index in [0.717, 1.165) is 38.0 Å². The minimum absolute atomic E-state index is 0.393. The first kappa shape index (κ1) is 13.9. The molecule has 1 atom stereocenters. The van der Waals surface area contributed by atoms with Crippen LogP contribution in [-0.4, -0.2) is 32.8 Å². The number of piperidine rings is 1. The molecule has 0 spiro atoms. The van der Waals surface area contributed by atoms with Crippen molar-refractivity contribution in [2.24, 2.45) is 0 Å². The molecule has 1 saturated heterocycles. The second-order valence-electron chi connectivity index (χ2n) is 5.12. The van der Waals surface area contributed by atoms with Crippen molar-refractivity contribution in [1.82, 2.24) is 19.7 Å². The smallest absolute Gasteiger partial charge is 0.137 e. The van der Waals surface area contributed by atoms with Gasteiger partial charge in [0, 0.05) is 13.1 Å². The van der Waals surface area contributed by atoms with E-state index in [1.807, 2.05) is 22.9 Å². The van der Waals surface area contributed by atoms with Crippen molar-refractivity contribution in [3.8, 4) is 0 Å². The Labute approximate surface area is 128 Å². The zero-order chi connectivity index (χ0) is 13.9. The van der Waals surface area contributed by atoms with E-state index in [0.29, 0.717) is 16.1 Å². The van der Waals surface area contributed by atoms with Crippen molar-refractivity contribution in [1.29, 1.82) is 0 Å². The van der Waals surface area contributed by atoms with E-state index in [1.165, 1.54) is 0 Å². The maximum absolute atomic E-state index is 6.26. The first-order valence-electron chi connectivity index (χ1n) is 6.73. The van der Waals surface area contributed by atoms with E-state index < -0.39 is 0 Å². The van der Waals surface area contributed by atoms with E-state index >= 15 is 0 Å². The van der Waals surface area contributed by atoms with Crippen molar-refractivity contribution in [2.75, 3.05) is 13.1 Å². The summed E-state index contributed by atoms with van der Waals surface area (Å²) in [6.07, 6.45) is 5.68. The number of nitrogens with zero attached hydrogens (tertiary/aromatic N) is 4. The van der Waals surface area contributed by atoms with Gasteiger partial charge in [-0.15, -0.1) is 0 Å². The van der Waals surface area contributed by atoms with E-state index in [4.69, 9.17) is 23.2 Å². The number of aromatic nitrogens is 3. The molecule has 0 N–H and O–H groups in total. The van der Waals surface area contributed by atoms with Crippen LogP contribution in [0.5, 0.6) is 0 Å². The lowest BCUT2D eigenvalue weighted by Crippen LogP contribution is -2.36. The fraction of sp³-hybridized carbons (Fsp3) is 0.429. The molecule has 0 aliphatic carbocycles. The highest BCUT2D eigenvalue weighted by Crippen LogP contribution is 2.28. The molecule has 3 rings (SSSR count). The fourth-order valence-electron chi connectivity index (χ4n) is 2.71. The molecule has 20 heavy (non-hydrogen) atoms. The van der Waals surface area contributed by atoms with Crippen molar-refractivity contribution in [3.05, 3.63) is 46.5 Å². The fourth-order valence-corrected chi connectivity index (χ4v) is 3.09. The normalized spacial score (nSPS) is 20.2. The summed E-state index contributed by atoms with van der Waals surface area (Å²) in [6, 6.07) is 6.20. The highest BCUT2D eigenvalue weighted by molar-refractivity contribution is 6.42. The Hall–Kier alpha value is -1.10. The Morgan fingerprint density at radius 1 is 1.30 bits per heavy atom. The van der Waals surface area contributed by atoms with Gasteiger partial charge in [-0.25, -0.2) is 9.67 Å². The Kier molecular flexibility index (Phi) is 4.24. The van der Waals surface area contributed by atoms with Crippen LogP contribution in [0.25, 0.3) is 0 Å². The molecule has 4 nitrogen and oxygen atoms in total. The van der Waals surface area contributed by atoms with Crippen LogP contribution in [0.15, 0.2) is 30.9 Å². The molecule has 2 heterocycles. The quantitative estimate of drug-likeness (QED) is 0.871.